The molecule has 1 heterocycles. The van der Waals surface area contributed by atoms with Gasteiger partial charge in [0.15, 0.2) is 5.78 Å². The summed E-state index contributed by atoms with van der Waals surface area (Å²) in [4.78, 5) is 104. The Balaban J connectivity index is 1.62. The van der Waals surface area contributed by atoms with E-state index in [0.717, 1.165) is 44.3 Å². The quantitative estimate of drug-likeness (QED) is 0.172. The second kappa shape index (κ2) is 21.1. The molecule has 2 aromatic carbocycles. The first-order chi connectivity index (χ1) is 26.4. The molecule has 0 aromatic heterocycles. The first kappa shape index (κ1) is 41.9. The van der Waals surface area contributed by atoms with Gasteiger partial charge >= 0.3 is 0 Å². The molecule has 55 heavy (non-hydrogen) atoms. The van der Waals surface area contributed by atoms with E-state index in [0.29, 0.717) is 29.5 Å². The molecule has 0 bridgehead atoms. The van der Waals surface area contributed by atoms with Crippen LogP contribution in [0.25, 0.3) is 0 Å². The number of primary amides is 2. The van der Waals surface area contributed by atoms with Crippen LogP contribution < -0.4 is 38.1 Å². The molecule has 294 valence electrons. The van der Waals surface area contributed by atoms with Crippen LogP contribution >= 0.6 is 0 Å². The molecule has 2 aliphatic rings. The molecule has 2 aromatic rings. The molecule has 9 N–H and O–H groups in total. The van der Waals surface area contributed by atoms with Crippen LogP contribution in [0.4, 0.5) is 0 Å². The van der Waals surface area contributed by atoms with Crippen LogP contribution in [0.15, 0.2) is 66.7 Å². The lowest BCUT2D eigenvalue weighted by Crippen LogP contribution is -2.57. The van der Waals surface area contributed by atoms with E-state index in [-0.39, 0.29) is 50.4 Å². The predicted octanol–water partition coefficient (Wildman–Crippen LogP) is 0.977. The predicted molar refractivity (Wildman–Crippen MR) is 203 cm³/mol. The Morgan fingerprint density at radius 2 is 1.22 bits per heavy atom. The average molecular weight is 758 g/mol. The van der Waals surface area contributed by atoms with Crippen molar-refractivity contribution in [2.75, 3.05) is 6.54 Å². The van der Waals surface area contributed by atoms with Gasteiger partial charge in [-0.15, -0.1) is 0 Å². The molecule has 1 aliphatic heterocycles. The van der Waals surface area contributed by atoms with Gasteiger partial charge in [0.05, 0.1) is 0 Å². The number of amides is 7. The molecular weight excluding hydrogens is 706 g/mol. The van der Waals surface area contributed by atoms with Crippen LogP contribution in [0.3, 0.4) is 0 Å². The lowest BCUT2D eigenvalue weighted by molar-refractivity contribution is -0.134. The van der Waals surface area contributed by atoms with Gasteiger partial charge in [-0.05, 0) is 43.6 Å². The number of nitrogens with one attached hydrogen (secondary N) is 5. The monoisotopic (exact) mass is 757 g/mol. The van der Waals surface area contributed by atoms with E-state index >= 15 is 0 Å². The standard InChI is InChI=1S/C40H51N7O8/c41-33(48)19-18-30-39(54)47-32(23-25-9-3-1-4-10-25)40(55)46-31(24-26-14-16-28(17-15-26)36(51)27-11-5-2-6-12-27)38(53)43-22-8-7-13-29(37(42)52)44-34(49)20-21-35(50)45-30/h2,5-6,11-12,14-17,20-21,25,29-32H,1,3-4,7-10,13,18-19,22-24H2,(H2,41,48)(H2,42,52)(H,43,53)(H,44,49)(H,45,50)(H,46,55)(H,47,54)/t29-,30-,31+,32-/m0/s1. The van der Waals surface area contributed by atoms with Gasteiger partial charge in [-0.1, -0.05) is 86.7 Å². The lowest BCUT2D eigenvalue weighted by atomic mass is 9.84. The highest BCUT2D eigenvalue weighted by molar-refractivity contribution is 6.09. The number of carbonyl (C=O) groups excluding carboxylic acids is 8. The van der Waals surface area contributed by atoms with Crippen LogP contribution in [-0.4, -0.2) is 77.8 Å². The minimum absolute atomic E-state index is 0.0564. The van der Waals surface area contributed by atoms with Crippen LogP contribution in [-0.2, 0) is 40.0 Å². The zero-order valence-corrected chi connectivity index (χ0v) is 30.9. The maximum absolute atomic E-state index is 14.1. The largest absolute Gasteiger partial charge is 0.370 e. The third-order valence-electron chi connectivity index (χ3n) is 9.83. The number of ketones is 1. The molecule has 15 heteroatoms. The smallest absolute Gasteiger partial charge is 0.244 e. The zero-order chi connectivity index (χ0) is 39.7. The lowest BCUT2D eigenvalue weighted by Gasteiger charge is -2.29. The van der Waals surface area contributed by atoms with Crippen molar-refractivity contribution in [1.82, 2.24) is 26.6 Å². The first-order valence-corrected chi connectivity index (χ1v) is 18.8. The van der Waals surface area contributed by atoms with E-state index in [9.17, 15) is 38.4 Å². The van der Waals surface area contributed by atoms with E-state index < -0.39 is 65.5 Å². The van der Waals surface area contributed by atoms with E-state index in [4.69, 9.17) is 11.5 Å². The molecule has 0 saturated heterocycles. The van der Waals surface area contributed by atoms with Crippen LogP contribution in [0.2, 0.25) is 0 Å². The molecule has 0 radical (unpaired) electrons. The number of nitrogens with two attached hydrogens (primary N) is 2. The maximum atomic E-state index is 14.1. The highest BCUT2D eigenvalue weighted by Crippen LogP contribution is 2.27. The molecule has 0 spiro atoms. The van der Waals surface area contributed by atoms with Crippen molar-refractivity contribution in [3.8, 4) is 0 Å². The average Bonchev–Trinajstić information content (AvgIpc) is 3.17. The molecule has 0 unspecified atom stereocenters. The zero-order valence-electron chi connectivity index (χ0n) is 30.9. The Hall–Kier alpha value is -5.86. The van der Waals surface area contributed by atoms with Crippen molar-refractivity contribution < 1.29 is 38.4 Å². The molecule has 4 rings (SSSR count). The Kier molecular flexibility index (Phi) is 16.1. The van der Waals surface area contributed by atoms with Gasteiger partial charge in [0.1, 0.15) is 24.2 Å². The minimum atomic E-state index is -1.31. The third-order valence-corrected chi connectivity index (χ3v) is 9.83. The number of hydrogen-bond donors (Lipinski definition) is 7. The highest BCUT2D eigenvalue weighted by Gasteiger charge is 2.32. The van der Waals surface area contributed by atoms with Crippen LogP contribution in [0.1, 0.15) is 92.1 Å². The van der Waals surface area contributed by atoms with Crippen LogP contribution in [0, 0.1) is 5.92 Å². The molecule has 1 saturated carbocycles. The second-order valence-electron chi connectivity index (χ2n) is 14.1. The van der Waals surface area contributed by atoms with Gasteiger partial charge in [0.25, 0.3) is 0 Å². The fraction of sp³-hybridized carbons (Fsp3) is 0.450. The van der Waals surface area contributed by atoms with E-state index in [1.54, 1.807) is 48.5 Å². The Morgan fingerprint density at radius 1 is 0.618 bits per heavy atom. The van der Waals surface area contributed by atoms with Crippen molar-refractivity contribution in [3.05, 3.63) is 83.4 Å². The van der Waals surface area contributed by atoms with Crippen LogP contribution in [0.5, 0.6) is 0 Å². The van der Waals surface area contributed by atoms with Gasteiger partial charge in [0.2, 0.25) is 41.4 Å². The van der Waals surface area contributed by atoms with Crippen molar-refractivity contribution in [2.45, 2.75) is 101 Å². The molecule has 15 nitrogen and oxygen atoms in total. The molecule has 1 fully saturated rings. The first-order valence-electron chi connectivity index (χ1n) is 18.8. The van der Waals surface area contributed by atoms with Crippen molar-refractivity contribution in [2.24, 2.45) is 17.4 Å². The fourth-order valence-electron chi connectivity index (χ4n) is 6.77. The van der Waals surface area contributed by atoms with Gasteiger partial charge < -0.3 is 38.1 Å². The summed E-state index contributed by atoms with van der Waals surface area (Å²) in [5.41, 5.74) is 12.5. The molecule has 7 amide bonds. The number of carbonyl (C=O) groups is 8. The summed E-state index contributed by atoms with van der Waals surface area (Å²) in [7, 11) is 0. The van der Waals surface area contributed by atoms with Gasteiger partial charge in [0, 0.05) is 42.7 Å². The van der Waals surface area contributed by atoms with E-state index in [2.05, 4.69) is 26.6 Å². The summed E-state index contributed by atoms with van der Waals surface area (Å²) >= 11 is 0. The van der Waals surface area contributed by atoms with Crippen molar-refractivity contribution in [3.63, 3.8) is 0 Å². The SMILES string of the molecule is NC(=O)CC[C@@H]1NC(=O)C=CC(=O)N[C@H](C(N)=O)CCCCNC(=O)[C@@H](Cc2ccc(C(=O)c3ccccc3)cc2)NC(=O)[C@H](CC2CCCCC2)NC1=O. The topological polar surface area (TPSA) is 249 Å². The summed E-state index contributed by atoms with van der Waals surface area (Å²) in [5.74, 6) is -5.03. The fourth-order valence-corrected chi connectivity index (χ4v) is 6.77. The third kappa shape index (κ3) is 13.8. The summed E-state index contributed by atoms with van der Waals surface area (Å²) in [6.07, 6.45) is 7.31. The van der Waals surface area contributed by atoms with E-state index in [1.165, 1.54) is 0 Å². The van der Waals surface area contributed by atoms with Gasteiger partial charge in [-0.2, -0.15) is 0 Å². The van der Waals surface area contributed by atoms with Gasteiger partial charge in [-0.3, -0.25) is 38.4 Å². The summed E-state index contributed by atoms with van der Waals surface area (Å²) in [5, 5.41) is 13.4. The molecule has 1 aliphatic carbocycles. The molecule has 4 atom stereocenters. The maximum Gasteiger partial charge on any atom is 0.244 e. The van der Waals surface area contributed by atoms with Crippen molar-refractivity contribution >= 4 is 47.1 Å². The number of benzene rings is 2. The number of hydrogen-bond acceptors (Lipinski definition) is 8. The van der Waals surface area contributed by atoms with Crippen molar-refractivity contribution in [1.29, 1.82) is 0 Å². The number of rotatable bonds is 10. The summed E-state index contributed by atoms with van der Waals surface area (Å²) < 4.78 is 0. The second-order valence-corrected chi connectivity index (χ2v) is 14.1. The highest BCUT2D eigenvalue weighted by atomic mass is 16.2. The molecular formula is C40H51N7O8. The minimum Gasteiger partial charge on any atom is -0.370 e. The Labute approximate surface area is 320 Å². The van der Waals surface area contributed by atoms with E-state index in [1.807, 2.05) is 6.07 Å². The summed E-state index contributed by atoms with van der Waals surface area (Å²) in [6, 6.07) is 11.0. The summed E-state index contributed by atoms with van der Waals surface area (Å²) in [6.45, 7) is 0.180. The van der Waals surface area contributed by atoms with Gasteiger partial charge in [-0.25, -0.2) is 0 Å². The Morgan fingerprint density at radius 3 is 1.87 bits per heavy atom. The normalized spacial score (nSPS) is 22.6. The Bertz CT molecular complexity index is 1720.